The first kappa shape index (κ1) is 14.0. The molecule has 1 aromatic heterocycles. The molecule has 0 aliphatic rings. The summed E-state index contributed by atoms with van der Waals surface area (Å²) in [4.78, 5) is 11.5. The van der Waals surface area contributed by atoms with Gasteiger partial charge < -0.3 is 19.8 Å². The van der Waals surface area contributed by atoms with E-state index in [0.717, 1.165) is 17.1 Å². The van der Waals surface area contributed by atoms with E-state index < -0.39 is 0 Å². The van der Waals surface area contributed by atoms with Crippen molar-refractivity contribution in [2.45, 2.75) is 13.5 Å². The van der Waals surface area contributed by atoms with Gasteiger partial charge in [0.15, 0.2) is 0 Å². The molecule has 0 aliphatic carbocycles. The zero-order valence-electron chi connectivity index (χ0n) is 11.4. The normalized spacial score (nSPS) is 10.1. The molecule has 2 N–H and O–H groups in total. The number of amides is 2. The second-order valence-corrected chi connectivity index (χ2v) is 4.35. The fraction of sp³-hybridized carbons (Fsp3) is 0.267. The van der Waals surface area contributed by atoms with Crippen LogP contribution in [0.25, 0.3) is 0 Å². The van der Waals surface area contributed by atoms with E-state index in [1.54, 1.807) is 18.4 Å². The standard InChI is InChI=1S/C15H18N2O3/c1-12-4-2-5-13(10-12)20-9-7-16-15(18)17-11-14-6-3-8-19-14/h2-6,8,10H,7,9,11H2,1H3,(H2,16,17,18). The second-order valence-electron chi connectivity index (χ2n) is 4.35. The van der Waals surface area contributed by atoms with Crippen molar-refractivity contribution in [3.63, 3.8) is 0 Å². The molecule has 0 atom stereocenters. The molecule has 106 valence electrons. The predicted molar refractivity (Wildman–Crippen MR) is 75.6 cm³/mol. The lowest BCUT2D eigenvalue weighted by Crippen LogP contribution is -2.37. The number of carbonyl (C=O) groups excluding carboxylic acids is 1. The van der Waals surface area contributed by atoms with Gasteiger partial charge in [-0.3, -0.25) is 0 Å². The van der Waals surface area contributed by atoms with Crippen LogP contribution in [0.2, 0.25) is 0 Å². The second kappa shape index (κ2) is 7.23. The Labute approximate surface area is 117 Å². The van der Waals surface area contributed by atoms with Gasteiger partial charge >= 0.3 is 6.03 Å². The molecule has 5 nitrogen and oxygen atoms in total. The molecular weight excluding hydrogens is 256 g/mol. The van der Waals surface area contributed by atoms with Gasteiger partial charge in [-0.05, 0) is 36.8 Å². The Balaban J connectivity index is 1.59. The Hall–Kier alpha value is -2.43. The zero-order chi connectivity index (χ0) is 14.2. The fourth-order valence-electron chi connectivity index (χ4n) is 1.68. The molecule has 2 aromatic rings. The van der Waals surface area contributed by atoms with Crippen molar-refractivity contribution in [2.75, 3.05) is 13.2 Å². The van der Waals surface area contributed by atoms with Crippen molar-refractivity contribution in [1.82, 2.24) is 10.6 Å². The minimum Gasteiger partial charge on any atom is -0.492 e. The van der Waals surface area contributed by atoms with Crippen molar-refractivity contribution < 1.29 is 13.9 Å². The third-order valence-electron chi connectivity index (χ3n) is 2.65. The number of hydrogen-bond acceptors (Lipinski definition) is 3. The first-order valence-electron chi connectivity index (χ1n) is 6.47. The van der Waals surface area contributed by atoms with Crippen LogP contribution in [0.1, 0.15) is 11.3 Å². The Morgan fingerprint density at radius 2 is 2.15 bits per heavy atom. The number of furan rings is 1. The topological polar surface area (TPSA) is 63.5 Å². The van der Waals surface area contributed by atoms with E-state index in [4.69, 9.17) is 9.15 Å². The summed E-state index contributed by atoms with van der Waals surface area (Å²) in [5.74, 6) is 1.53. The molecule has 5 heteroatoms. The van der Waals surface area contributed by atoms with E-state index in [9.17, 15) is 4.79 Å². The molecule has 1 aromatic carbocycles. The van der Waals surface area contributed by atoms with E-state index in [2.05, 4.69) is 10.6 Å². The first-order chi connectivity index (χ1) is 9.74. The first-order valence-corrected chi connectivity index (χ1v) is 6.47. The highest BCUT2D eigenvalue weighted by Crippen LogP contribution is 2.11. The van der Waals surface area contributed by atoms with Crippen molar-refractivity contribution >= 4 is 6.03 Å². The van der Waals surface area contributed by atoms with Crippen LogP contribution in [0, 0.1) is 6.92 Å². The lowest BCUT2D eigenvalue weighted by atomic mass is 10.2. The molecule has 1 heterocycles. The zero-order valence-corrected chi connectivity index (χ0v) is 11.4. The van der Waals surface area contributed by atoms with Crippen LogP contribution in [0.15, 0.2) is 47.1 Å². The summed E-state index contributed by atoms with van der Waals surface area (Å²) >= 11 is 0. The highest BCUT2D eigenvalue weighted by atomic mass is 16.5. The number of hydrogen-bond donors (Lipinski definition) is 2. The Morgan fingerprint density at radius 3 is 2.90 bits per heavy atom. The van der Waals surface area contributed by atoms with Crippen LogP contribution in [-0.4, -0.2) is 19.2 Å². The number of urea groups is 1. The van der Waals surface area contributed by atoms with E-state index in [-0.39, 0.29) is 6.03 Å². The summed E-state index contributed by atoms with van der Waals surface area (Å²) in [6.45, 7) is 3.25. The average Bonchev–Trinajstić information content (AvgIpc) is 2.95. The van der Waals surface area contributed by atoms with Crippen molar-refractivity contribution in [3.8, 4) is 5.75 Å². The quantitative estimate of drug-likeness (QED) is 0.795. The number of aryl methyl sites for hydroxylation is 1. The molecule has 0 spiro atoms. The smallest absolute Gasteiger partial charge is 0.315 e. The minimum absolute atomic E-state index is 0.241. The van der Waals surface area contributed by atoms with Gasteiger partial charge in [0, 0.05) is 0 Å². The molecule has 0 saturated heterocycles. The van der Waals surface area contributed by atoms with Crippen molar-refractivity contribution in [2.24, 2.45) is 0 Å². The van der Waals surface area contributed by atoms with E-state index >= 15 is 0 Å². The fourth-order valence-corrected chi connectivity index (χ4v) is 1.68. The molecule has 20 heavy (non-hydrogen) atoms. The van der Waals surface area contributed by atoms with Crippen molar-refractivity contribution in [3.05, 3.63) is 54.0 Å². The van der Waals surface area contributed by atoms with Gasteiger partial charge in [-0.1, -0.05) is 12.1 Å². The van der Waals surface area contributed by atoms with Crippen LogP contribution in [-0.2, 0) is 6.54 Å². The van der Waals surface area contributed by atoms with E-state index in [1.807, 2.05) is 31.2 Å². The Bertz CT molecular complexity index is 538. The molecule has 0 aliphatic heterocycles. The lowest BCUT2D eigenvalue weighted by Gasteiger charge is -2.08. The average molecular weight is 274 g/mol. The lowest BCUT2D eigenvalue weighted by molar-refractivity contribution is 0.235. The summed E-state index contributed by atoms with van der Waals surface area (Å²) in [5.41, 5.74) is 1.15. The van der Waals surface area contributed by atoms with Crippen LogP contribution in [0.5, 0.6) is 5.75 Å². The predicted octanol–water partition coefficient (Wildman–Crippen LogP) is 2.47. The summed E-state index contributed by atoms with van der Waals surface area (Å²) in [6.07, 6.45) is 1.57. The largest absolute Gasteiger partial charge is 0.492 e. The highest BCUT2D eigenvalue weighted by molar-refractivity contribution is 5.73. The van der Waals surface area contributed by atoms with Gasteiger partial charge in [0.05, 0.1) is 19.4 Å². The number of rotatable bonds is 6. The summed E-state index contributed by atoms with van der Waals surface area (Å²) in [6, 6.07) is 11.1. The van der Waals surface area contributed by atoms with Crippen LogP contribution >= 0.6 is 0 Å². The Kier molecular flexibility index (Phi) is 5.06. The van der Waals surface area contributed by atoms with Crippen LogP contribution in [0.4, 0.5) is 4.79 Å². The molecule has 0 fully saturated rings. The Morgan fingerprint density at radius 1 is 1.25 bits per heavy atom. The third-order valence-corrected chi connectivity index (χ3v) is 2.65. The van der Waals surface area contributed by atoms with Gasteiger partial charge in [-0.2, -0.15) is 0 Å². The highest BCUT2D eigenvalue weighted by Gasteiger charge is 2.01. The minimum atomic E-state index is -0.241. The molecule has 2 rings (SSSR count). The monoisotopic (exact) mass is 274 g/mol. The van der Waals surface area contributed by atoms with Crippen molar-refractivity contribution in [1.29, 1.82) is 0 Å². The van der Waals surface area contributed by atoms with Gasteiger partial charge in [0.2, 0.25) is 0 Å². The number of ether oxygens (including phenoxy) is 1. The number of carbonyl (C=O) groups is 1. The molecule has 0 bridgehead atoms. The van der Waals surface area contributed by atoms with Gasteiger partial charge in [0.1, 0.15) is 18.1 Å². The summed E-state index contributed by atoms with van der Waals surface area (Å²) < 4.78 is 10.6. The van der Waals surface area contributed by atoms with Gasteiger partial charge in [-0.15, -0.1) is 0 Å². The van der Waals surface area contributed by atoms with Crippen LogP contribution < -0.4 is 15.4 Å². The number of nitrogens with one attached hydrogen (secondary N) is 2. The molecule has 2 amide bonds. The number of benzene rings is 1. The van der Waals surface area contributed by atoms with Crippen LogP contribution in [0.3, 0.4) is 0 Å². The van der Waals surface area contributed by atoms with E-state index in [0.29, 0.717) is 19.7 Å². The molecule has 0 radical (unpaired) electrons. The third kappa shape index (κ3) is 4.68. The SMILES string of the molecule is Cc1cccc(OCCNC(=O)NCc2ccco2)c1. The van der Waals surface area contributed by atoms with Gasteiger partial charge in [-0.25, -0.2) is 4.79 Å². The maximum absolute atomic E-state index is 11.5. The summed E-state index contributed by atoms with van der Waals surface area (Å²) in [7, 11) is 0. The molecule has 0 unspecified atom stereocenters. The maximum Gasteiger partial charge on any atom is 0.315 e. The summed E-state index contributed by atoms with van der Waals surface area (Å²) in [5, 5.41) is 5.41. The maximum atomic E-state index is 11.5. The molecule has 0 saturated carbocycles. The van der Waals surface area contributed by atoms with Gasteiger partial charge in [0.25, 0.3) is 0 Å². The molecular formula is C15H18N2O3. The van der Waals surface area contributed by atoms with E-state index in [1.165, 1.54) is 0 Å².